The average molecular weight is 296 g/mol. The summed E-state index contributed by atoms with van der Waals surface area (Å²) in [5.41, 5.74) is 7.89. The van der Waals surface area contributed by atoms with Gasteiger partial charge in [0.25, 0.3) is 5.91 Å². The van der Waals surface area contributed by atoms with Gasteiger partial charge in [0.05, 0.1) is 11.7 Å². The molecular formula is C18H20N2O2. The fourth-order valence-corrected chi connectivity index (χ4v) is 2.05. The van der Waals surface area contributed by atoms with Crippen LogP contribution in [0.2, 0.25) is 0 Å². The highest BCUT2D eigenvalue weighted by Crippen LogP contribution is 2.23. The highest BCUT2D eigenvalue weighted by atomic mass is 16.5. The molecule has 1 unspecified atom stereocenters. The molecular weight excluding hydrogens is 276 g/mol. The van der Waals surface area contributed by atoms with Crippen molar-refractivity contribution in [2.75, 3.05) is 12.3 Å². The molecule has 0 aliphatic carbocycles. The number of amides is 1. The molecule has 0 aliphatic rings. The van der Waals surface area contributed by atoms with Gasteiger partial charge in [-0.15, -0.1) is 0 Å². The fourth-order valence-electron chi connectivity index (χ4n) is 2.05. The molecule has 0 spiro atoms. The van der Waals surface area contributed by atoms with Crippen molar-refractivity contribution in [3.8, 4) is 5.75 Å². The van der Waals surface area contributed by atoms with Crippen LogP contribution in [-0.4, -0.2) is 12.5 Å². The Morgan fingerprint density at radius 2 is 2.05 bits per heavy atom. The molecule has 0 fully saturated rings. The number of hydrogen-bond donors (Lipinski definition) is 2. The molecule has 0 saturated heterocycles. The standard InChI is InChI=1S/C18H20N2O2/c1-3-11-22-17-12-15(9-10-16(17)19)18(21)20-13(2)14-7-5-4-6-8-14/h3-10,12-13H,1,11,19H2,2H3,(H,20,21). The molecule has 0 saturated carbocycles. The second kappa shape index (κ2) is 7.31. The van der Waals surface area contributed by atoms with E-state index in [9.17, 15) is 4.79 Å². The lowest BCUT2D eigenvalue weighted by atomic mass is 10.1. The zero-order chi connectivity index (χ0) is 15.9. The first-order chi connectivity index (χ1) is 10.6. The second-order valence-electron chi connectivity index (χ2n) is 4.96. The minimum Gasteiger partial charge on any atom is -0.487 e. The highest BCUT2D eigenvalue weighted by Gasteiger charge is 2.13. The maximum atomic E-state index is 12.3. The summed E-state index contributed by atoms with van der Waals surface area (Å²) in [6.07, 6.45) is 1.63. The molecule has 1 amide bonds. The first kappa shape index (κ1) is 15.6. The zero-order valence-electron chi connectivity index (χ0n) is 12.6. The van der Waals surface area contributed by atoms with E-state index in [1.165, 1.54) is 0 Å². The van der Waals surface area contributed by atoms with Crippen molar-refractivity contribution < 1.29 is 9.53 Å². The molecule has 22 heavy (non-hydrogen) atoms. The van der Waals surface area contributed by atoms with E-state index < -0.39 is 0 Å². The van der Waals surface area contributed by atoms with Crippen LogP contribution in [0.1, 0.15) is 28.9 Å². The number of hydrogen-bond acceptors (Lipinski definition) is 3. The quantitative estimate of drug-likeness (QED) is 0.635. The van der Waals surface area contributed by atoms with Crippen LogP contribution >= 0.6 is 0 Å². The molecule has 0 heterocycles. The van der Waals surface area contributed by atoms with Crippen molar-refractivity contribution in [2.45, 2.75) is 13.0 Å². The number of carbonyl (C=O) groups excluding carboxylic acids is 1. The Hall–Kier alpha value is -2.75. The number of carbonyl (C=O) groups is 1. The molecule has 0 bridgehead atoms. The van der Waals surface area contributed by atoms with E-state index in [0.717, 1.165) is 5.56 Å². The molecule has 2 rings (SSSR count). The van der Waals surface area contributed by atoms with Crippen LogP contribution in [0.3, 0.4) is 0 Å². The largest absolute Gasteiger partial charge is 0.487 e. The molecule has 4 heteroatoms. The Balaban J connectivity index is 2.10. The van der Waals surface area contributed by atoms with Crippen LogP contribution in [0, 0.1) is 0 Å². The van der Waals surface area contributed by atoms with Gasteiger partial charge in [0.2, 0.25) is 0 Å². The van der Waals surface area contributed by atoms with Crippen molar-refractivity contribution in [1.82, 2.24) is 5.32 Å². The zero-order valence-corrected chi connectivity index (χ0v) is 12.6. The summed E-state index contributed by atoms with van der Waals surface area (Å²) >= 11 is 0. The van der Waals surface area contributed by atoms with Crippen LogP contribution in [0.25, 0.3) is 0 Å². The van der Waals surface area contributed by atoms with Crippen LogP contribution < -0.4 is 15.8 Å². The average Bonchev–Trinajstić information content (AvgIpc) is 2.54. The third-order valence-electron chi connectivity index (χ3n) is 3.28. The number of rotatable bonds is 6. The summed E-state index contributed by atoms with van der Waals surface area (Å²) in [4.78, 5) is 12.3. The molecule has 114 valence electrons. The first-order valence-electron chi connectivity index (χ1n) is 7.11. The van der Waals surface area contributed by atoms with Gasteiger partial charge in [-0.2, -0.15) is 0 Å². The summed E-state index contributed by atoms with van der Waals surface area (Å²) in [7, 11) is 0. The molecule has 2 aromatic carbocycles. The molecule has 2 aromatic rings. The predicted octanol–water partition coefficient (Wildman–Crippen LogP) is 3.32. The van der Waals surface area contributed by atoms with Gasteiger partial charge in [-0.1, -0.05) is 43.0 Å². The van der Waals surface area contributed by atoms with Crippen molar-refractivity contribution in [2.24, 2.45) is 0 Å². The number of nitrogens with one attached hydrogen (secondary N) is 1. The Morgan fingerprint density at radius 1 is 1.32 bits per heavy atom. The van der Waals surface area contributed by atoms with Gasteiger partial charge in [-0.05, 0) is 30.7 Å². The lowest BCUT2D eigenvalue weighted by molar-refractivity contribution is 0.0939. The SMILES string of the molecule is C=CCOc1cc(C(=O)NC(C)c2ccccc2)ccc1N. The molecule has 0 aromatic heterocycles. The third kappa shape index (κ3) is 3.88. The predicted molar refractivity (Wildman–Crippen MR) is 88.9 cm³/mol. The normalized spacial score (nSPS) is 11.5. The van der Waals surface area contributed by atoms with Gasteiger partial charge in [0.15, 0.2) is 0 Å². The summed E-state index contributed by atoms with van der Waals surface area (Å²) in [6.45, 7) is 5.88. The second-order valence-corrected chi connectivity index (χ2v) is 4.96. The van der Waals surface area contributed by atoms with Crippen LogP contribution in [0.15, 0.2) is 61.2 Å². The third-order valence-corrected chi connectivity index (χ3v) is 3.28. The molecule has 3 N–H and O–H groups in total. The van der Waals surface area contributed by atoms with Crippen LogP contribution in [-0.2, 0) is 0 Å². The lowest BCUT2D eigenvalue weighted by Crippen LogP contribution is -2.26. The van der Waals surface area contributed by atoms with Crippen LogP contribution in [0.4, 0.5) is 5.69 Å². The van der Waals surface area contributed by atoms with E-state index in [4.69, 9.17) is 10.5 Å². The summed E-state index contributed by atoms with van der Waals surface area (Å²) in [6, 6.07) is 14.7. The van der Waals surface area contributed by atoms with Gasteiger partial charge in [-0.25, -0.2) is 0 Å². The van der Waals surface area contributed by atoms with E-state index in [1.54, 1.807) is 24.3 Å². The van der Waals surface area contributed by atoms with Gasteiger partial charge >= 0.3 is 0 Å². The number of nitrogen functional groups attached to an aromatic ring is 1. The van der Waals surface area contributed by atoms with E-state index in [-0.39, 0.29) is 11.9 Å². The van der Waals surface area contributed by atoms with Gasteiger partial charge in [0, 0.05) is 5.56 Å². The summed E-state index contributed by atoms with van der Waals surface area (Å²) < 4.78 is 5.44. The topological polar surface area (TPSA) is 64.3 Å². The number of ether oxygens (including phenoxy) is 1. The van der Waals surface area contributed by atoms with E-state index in [1.807, 2.05) is 37.3 Å². The highest BCUT2D eigenvalue weighted by molar-refractivity contribution is 5.95. The Labute approximate surface area is 130 Å². The Morgan fingerprint density at radius 3 is 2.73 bits per heavy atom. The minimum atomic E-state index is -0.167. The van der Waals surface area contributed by atoms with E-state index in [2.05, 4.69) is 11.9 Å². The molecule has 0 aliphatic heterocycles. The molecule has 1 atom stereocenters. The Bertz CT molecular complexity index is 653. The van der Waals surface area contributed by atoms with Crippen molar-refractivity contribution in [1.29, 1.82) is 0 Å². The van der Waals surface area contributed by atoms with Gasteiger partial charge < -0.3 is 15.8 Å². The van der Waals surface area contributed by atoms with Crippen molar-refractivity contribution >= 4 is 11.6 Å². The lowest BCUT2D eigenvalue weighted by Gasteiger charge is -2.15. The first-order valence-corrected chi connectivity index (χ1v) is 7.11. The fraction of sp³-hybridized carbons (Fsp3) is 0.167. The van der Waals surface area contributed by atoms with Crippen molar-refractivity contribution in [3.63, 3.8) is 0 Å². The summed E-state index contributed by atoms with van der Waals surface area (Å²) in [5, 5.41) is 2.96. The van der Waals surface area contributed by atoms with E-state index in [0.29, 0.717) is 23.6 Å². The van der Waals surface area contributed by atoms with Gasteiger partial charge in [-0.3, -0.25) is 4.79 Å². The number of anilines is 1. The monoisotopic (exact) mass is 296 g/mol. The van der Waals surface area contributed by atoms with Gasteiger partial charge in [0.1, 0.15) is 12.4 Å². The molecule has 0 radical (unpaired) electrons. The maximum absolute atomic E-state index is 12.3. The smallest absolute Gasteiger partial charge is 0.251 e. The van der Waals surface area contributed by atoms with E-state index >= 15 is 0 Å². The molecule has 4 nitrogen and oxygen atoms in total. The van der Waals surface area contributed by atoms with Crippen LogP contribution in [0.5, 0.6) is 5.75 Å². The Kier molecular flexibility index (Phi) is 5.20. The maximum Gasteiger partial charge on any atom is 0.251 e. The minimum absolute atomic E-state index is 0.0798. The van der Waals surface area contributed by atoms with Crippen molar-refractivity contribution in [3.05, 3.63) is 72.3 Å². The summed E-state index contributed by atoms with van der Waals surface area (Å²) in [5.74, 6) is 0.319. The number of nitrogens with two attached hydrogens (primary N) is 1. The number of benzene rings is 2.